The average molecular weight is 252 g/mol. The van der Waals surface area contributed by atoms with Crippen LogP contribution in [0.4, 0.5) is 0 Å². The lowest BCUT2D eigenvalue weighted by Gasteiger charge is -2.13. The summed E-state index contributed by atoms with van der Waals surface area (Å²) >= 11 is 5.85. The summed E-state index contributed by atoms with van der Waals surface area (Å²) in [5.74, 6) is 0.0335. The Balaban J connectivity index is 3.31. The van der Waals surface area contributed by atoms with Crippen LogP contribution in [-0.2, 0) is 28.3 Å². The van der Waals surface area contributed by atoms with Crippen LogP contribution >= 0.6 is 11.6 Å². The highest BCUT2D eigenvalue weighted by Crippen LogP contribution is 2.22. The van der Waals surface area contributed by atoms with Crippen molar-refractivity contribution in [2.75, 3.05) is 7.11 Å². The average Bonchev–Trinajstić information content (AvgIpc) is 2.37. The van der Waals surface area contributed by atoms with Gasteiger partial charge in [0, 0.05) is 5.88 Å². The fourth-order valence-corrected chi connectivity index (χ4v) is 2.08. The molecule has 0 spiro atoms. The number of alkyl halides is 1. The topological polar surface area (TPSA) is 50.1 Å². The van der Waals surface area contributed by atoms with Gasteiger partial charge in [-0.15, -0.1) is 11.6 Å². The predicted octanol–water partition coefficient (Wildman–Crippen LogP) is 2.57. The highest BCUT2D eigenvalue weighted by atomic mass is 35.5. The van der Waals surface area contributed by atoms with Gasteiger partial charge in [-0.2, -0.15) is 5.26 Å². The van der Waals surface area contributed by atoms with Crippen molar-refractivity contribution in [1.82, 2.24) is 0 Å². The Labute approximate surface area is 106 Å². The zero-order valence-electron chi connectivity index (χ0n) is 9.92. The van der Waals surface area contributed by atoms with Crippen molar-refractivity contribution in [1.29, 1.82) is 5.26 Å². The SMILES string of the molecule is CCc1c(CCl)ccc(C#N)c1CC(=O)OC. The molecule has 17 heavy (non-hydrogen) atoms. The molecule has 1 aromatic carbocycles. The molecule has 0 aliphatic carbocycles. The van der Waals surface area contributed by atoms with E-state index >= 15 is 0 Å². The molecule has 3 nitrogen and oxygen atoms in total. The third-order valence-electron chi connectivity index (χ3n) is 2.69. The Bertz CT molecular complexity index is 463. The summed E-state index contributed by atoms with van der Waals surface area (Å²) in [7, 11) is 1.34. The van der Waals surface area contributed by atoms with Gasteiger partial charge < -0.3 is 4.74 Å². The summed E-state index contributed by atoms with van der Waals surface area (Å²) in [5.41, 5.74) is 3.19. The van der Waals surface area contributed by atoms with E-state index < -0.39 is 0 Å². The van der Waals surface area contributed by atoms with E-state index in [1.807, 2.05) is 13.0 Å². The third kappa shape index (κ3) is 2.98. The number of nitrogens with zero attached hydrogens (tertiary/aromatic N) is 1. The molecular formula is C13H14ClNO2. The van der Waals surface area contributed by atoms with Crippen LogP contribution in [0.15, 0.2) is 12.1 Å². The molecule has 0 amide bonds. The molecule has 0 saturated heterocycles. The fraction of sp³-hybridized carbons (Fsp3) is 0.385. The second kappa shape index (κ2) is 6.27. The molecular weight excluding hydrogens is 238 g/mol. The van der Waals surface area contributed by atoms with E-state index in [0.29, 0.717) is 11.4 Å². The number of nitriles is 1. The molecule has 0 N–H and O–H groups in total. The van der Waals surface area contributed by atoms with Gasteiger partial charge in [-0.05, 0) is 29.2 Å². The molecule has 0 heterocycles. The van der Waals surface area contributed by atoms with Crippen LogP contribution in [0.25, 0.3) is 0 Å². The van der Waals surface area contributed by atoms with Gasteiger partial charge in [0.15, 0.2) is 0 Å². The minimum absolute atomic E-state index is 0.118. The van der Waals surface area contributed by atoms with Gasteiger partial charge >= 0.3 is 5.97 Å². The Morgan fingerprint density at radius 3 is 2.65 bits per heavy atom. The van der Waals surface area contributed by atoms with Gasteiger partial charge in [0.2, 0.25) is 0 Å². The van der Waals surface area contributed by atoms with Gasteiger partial charge in [-0.1, -0.05) is 13.0 Å². The highest BCUT2D eigenvalue weighted by Gasteiger charge is 2.15. The van der Waals surface area contributed by atoms with Crippen LogP contribution in [0.2, 0.25) is 0 Å². The molecule has 0 aliphatic heterocycles. The first-order valence-electron chi connectivity index (χ1n) is 5.34. The normalized spacial score (nSPS) is 9.76. The lowest BCUT2D eigenvalue weighted by molar-refractivity contribution is -0.139. The van der Waals surface area contributed by atoms with Crippen LogP contribution in [-0.4, -0.2) is 13.1 Å². The van der Waals surface area contributed by atoms with Crippen LogP contribution in [0.1, 0.15) is 29.2 Å². The zero-order chi connectivity index (χ0) is 12.8. The maximum atomic E-state index is 11.4. The van der Waals surface area contributed by atoms with Crippen molar-refractivity contribution in [3.63, 3.8) is 0 Å². The molecule has 0 saturated carbocycles. The monoisotopic (exact) mass is 251 g/mol. The second-order valence-corrected chi connectivity index (χ2v) is 3.85. The van der Waals surface area contributed by atoms with Crippen LogP contribution < -0.4 is 0 Å². The molecule has 1 aromatic rings. The van der Waals surface area contributed by atoms with Crippen molar-refractivity contribution in [3.8, 4) is 6.07 Å². The summed E-state index contributed by atoms with van der Waals surface area (Å²) in [4.78, 5) is 11.4. The molecule has 0 unspecified atom stereocenters. The minimum Gasteiger partial charge on any atom is -0.469 e. The van der Waals surface area contributed by atoms with Gasteiger partial charge in [0.05, 0.1) is 25.2 Å². The number of esters is 1. The molecule has 0 fully saturated rings. The molecule has 1 rings (SSSR count). The number of rotatable bonds is 4. The van der Waals surface area contributed by atoms with Gasteiger partial charge in [-0.25, -0.2) is 0 Å². The van der Waals surface area contributed by atoms with Crippen molar-refractivity contribution in [2.45, 2.75) is 25.6 Å². The summed E-state index contributed by atoms with van der Waals surface area (Å²) in [6.07, 6.45) is 0.858. The van der Waals surface area contributed by atoms with E-state index in [4.69, 9.17) is 16.9 Å². The summed E-state index contributed by atoms with van der Waals surface area (Å²) in [6.45, 7) is 1.98. The van der Waals surface area contributed by atoms with Crippen molar-refractivity contribution in [2.24, 2.45) is 0 Å². The van der Waals surface area contributed by atoms with Gasteiger partial charge in [0.25, 0.3) is 0 Å². The van der Waals surface area contributed by atoms with E-state index in [1.165, 1.54) is 7.11 Å². The molecule has 4 heteroatoms. The lowest BCUT2D eigenvalue weighted by Crippen LogP contribution is -2.10. The van der Waals surface area contributed by atoms with E-state index in [9.17, 15) is 4.79 Å². The standard InChI is InChI=1S/C13H14ClNO2/c1-3-11-9(7-14)4-5-10(8-15)12(11)6-13(16)17-2/h4-5H,3,6-7H2,1-2H3. The van der Waals surface area contributed by atoms with Crippen molar-refractivity contribution >= 4 is 17.6 Å². The smallest absolute Gasteiger partial charge is 0.310 e. The molecule has 0 aliphatic rings. The van der Waals surface area contributed by atoms with Crippen LogP contribution in [0, 0.1) is 11.3 Å². The first-order valence-corrected chi connectivity index (χ1v) is 5.87. The minimum atomic E-state index is -0.345. The number of hydrogen-bond donors (Lipinski definition) is 0. The number of methoxy groups -OCH3 is 1. The van der Waals surface area contributed by atoms with Crippen LogP contribution in [0.3, 0.4) is 0 Å². The van der Waals surface area contributed by atoms with E-state index in [-0.39, 0.29) is 12.4 Å². The Kier molecular flexibility index (Phi) is 4.99. The first kappa shape index (κ1) is 13.5. The Hall–Kier alpha value is -1.53. The molecule has 90 valence electrons. The molecule has 0 atom stereocenters. The molecule has 0 aromatic heterocycles. The number of carbonyl (C=O) groups excluding carboxylic acids is 1. The Morgan fingerprint density at radius 1 is 1.47 bits per heavy atom. The third-order valence-corrected chi connectivity index (χ3v) is 2.98. The number of benzene rings is 1. The molecule has 0 bridgehead atoms. The maximum absolute atomic E-state index is 11.4. The van der Waals surface area contributed by atoms with Gasteiger partial charge in [-0.3, -0.25) is 4.79 Å². The highest BCUT2D eigenvalue weighted by molar-refractivity contribution is 6.17. The Morgan fingerprint density at radius 2 is 2.18 bits per heavy atom. The fourth-order valence-electron chi connectivity index (χ4n) is 1.83. The number of ether oxygens (including phenoxy) is 1. The summed E-state index contributed by atoms with van der Waals surface area (Å²) in [5, 5.41) is 9.05. The van der Waals surface area contributed by atoms with Crippen molar-refractivity contribution in [3.05, 3.63) is 34.4 Å². The van der Waals surface area contributed by atoms with E-state index in [2.05, 4.69) is 10.8 Å². The lowest BCUT2D eigenvalue weighted by atomic mass is 9.93. The maximum Gasteiger partial charge on any atom is 0.310 e. The molecule has 0 radical (unpaired) electrons. The van der Waals surface area contributed by atoms with Crippen molar-refractivity contribution < 1.29 is 9.53 Å². The summed E-state index contributed by atoms with van der Waals surface area (Å²) < 4.78 is 4.65. The summed E-state index contributed by atoms with van der Waals surface area (Å²) in [6, 6.07) is 5.64. The number of hydrogen-bond acceptors (Lipinski definition) is 3. The first-order chi connectivity index (χ1) is 8.17. The van der Waals surface area contributed by atoms with Crippen LogP contribution in [0.5, 0.6) is 0 Å². The van der Waals surface area contributed by atoms with Gasteiger partial charge in [0.1, 0.15) is 0 Å². The second-order valence-electron chi connectivity index (χ2n) is 3.58. The van der Waals surface area contributed by atoms with E-state index in [1.54, 1.807) is 6.07 Å². The van der Waals surface area contributed by atoms with E-state index in [0.717, 1.165) is 23.1 Å². The largest absolute Gasteiger partial charge is 0.469 e. The number of carbonyl (C=O) groups is 1. The predicted molar refractivity (Wildman–Crippen MR) is 65.8 cm³/mol. The zero-order valence-corrected chi connectivity index (χ0v) is 10.7. The number of halogens is 1. The quantitative estimate of drug-likeness (QED) is 0.610.